The van der Waals surface area contributed by atoms with Crippen molar-refractivity contribution in [3.05, 3.63) is 40.6 Å². The van der Waals surface area contributed by atoms with Gasteiger partial charge < -0.3 is 15.0 Å². The van der Waals surface area contributed by atoms with Crippen LogP contribution < -0.4 is 15.0 Å². The Morgan fingerprint density at radius 2 is 1.92 bits per heavy atom. The Balaban J connectivity index is 1.75. The number of ether oxygens (including phenoxy) is 1. The maximum absolute atomic E-state index is 12.9. The van der Waals surface area contributed by atoms with Crippen molar-refractivity contribution >= 4 is 33.0 Å². The van der Waals surface area contributed by atoms with E-state index in [1.54, 1.807) is 12.5 Å². The van der Waals surface area contributed by atoms with Gasteiger partial charge in [0.25, 0.3) is 5.91 Å². The number of carbonyl (C=O) groups is 1. The zero-order chi connectivity index (χ0) is 18.7. The average molecular weight is 396 g/mol. The number of anilines is 1. The average Bonchev–Trinajstić information content (AvgIpc) is 3.18. The third-order valence-electron chi connectivity index (χ3n) is 4.34. The lowest BCUT2D eigenvalue weighted by Crippen LogP contribution is -2.48. The lowest BCUT2D eigenvalue weighted by atomic mass is 10.2. The summed E-state index contributed by atoms with van der Waals surface area (Å²) in [6.07, 6.45) is 0. The first-order chi connectivity index (χ1) is 12.5. The van der Waals surface area contributed by atoms with Gasteiger partial charge in [0.05, 0.1) is 7.11 Å². The van der Waals surface area contributed by atoms with Crippen molar-refractivity contribution in [1.82, 2.24) is 9.62 Å². The summed E-state index contributed by atoms with van der Waals surface area (Å²) in [6.45, 7) is 1.88. The van der Waals surface area contributed by atoms with Gasteiger partial charge in [-0.15, -0.1) is 11.3 Å². The van der Waals surface area contributed by atoms with E-state index >= 15 is 0 Å². The van der Waals surface area contributed by atoms with Gasteiger partial charge in [-0.3, -0.25) is 4.79 Å². The summed E-state index contributed by atoms with van der Waals surface area (Å²) < 4.78 is 32.6. The first-order valence-corrected chi connectivity index (χ1v) is 10.5. The number of piperazine rings is 1. The third kappa shape index (κ3) is 3.55. The van der Waals surface area contributed by atoms with E-state index in [1.807, 2.05) is 24.3 Å². The van der Waals surface area contributed by atoms with Gasteiger partial charge in [-0.1, -0.05) is 6.07 Å². The van der Waals surface area contributed by atoms with Gasteiger partial charge in [0.2, 0.25) is 10.0 Å². The van der Waals surface area contributed by atoms with Crippen molar-refractivity contribution in [1.29, 1.82) is 0 Å². The Hall–Kier alpha value is -2.10. The second-order valence-corrected chi connectivity index (χ2v) is 8.61. The molecule has 0 unspecified atom stereocenters. The molecule has 1 aromatic heterocycles. The van der Waals surface area contributed by atoms with Gasteiger partial charge in [-0.25, -0.2) is 8.42 Å². The second kappa shape index (κ2) is 7.65. The minimum Gasteiger partial charge on any atom is -0.497 e. The number of amides is 1. The first kappa shape index (κ1) is 18.7. The molecule has 1 fully saturated rings. The van der Waals surface area contributed by atoms with E-state index in [1.165, 1.54) is 17.4 Å². The van der Waals surface area contributed by atoms with Gasteiger partial charge in [0.15, 0.2) is 0 Å². The van der Waals surface area contributed by atoms with E-state index in [0.29, 0.717) is 26.2 Å². The first-order valence-electron chi connectivity index (χ1n) is 8.16. The van der Waals surface area contributed by atoms with E-state index < -0.39 is 10.0 Å². The van der Waals surface area contributed by atoms with Crippen molar-refractivity contribution in [2.24, 2.45) is 0 Å². The molecule has 26 heavy (non-hydrogen) atoms. The number of sulfonamides is 1. The summed E-state index contributed by atoms with van der Waals surface area (Å²) in [4.78, 5) is 14.4. The smallest absolute Gasteiger partial charge is 0.262 e. The van der Waals surface area contributed by atoms with E-state index in [0.717, 1.165) is 22.8 Å². The number of hydrogen-bond donors (Lipinski definition) is 1. The molecule has 0 bridgehead atoms. The fraction of sp³-hybridized carbons (Fsp3) is 0.353. The minimum absolute atomic E-state index is 0.0803. The van der Waals surface area contributed by atoms with Gasteiger partial charge in [-0.2, -0.15) is 4.31 Å². The Bertz CT molecular complexity index is 887. The number of nitrogens with one attached hydrogen (secondary N) is 1. The molecule has 1 saturated heterocycles. The monoisotopic (exact) mass is 395 g/mol. The molecule has 2 aromatic rings. The van der Waals surface area contributed by atoms with Crippen molar-refractivity contribution < 1.29 is 17.9 Å². The Kier molecular flexibility index (Phi) is 5.49. The third-order valence-corrected chi connectivity index (χ3v) is 7.32. The lowest BCUT2D eigenvalue weighted by molar-refractivity contribution is 0.0964. The standard InChI is InChI=1S/C17H21N3O4S2/c1-18-17(21)16-15(6-11-25-16)26(22,23)20-9-7-19(8-10-20)13-4-3-5-14(12-13)24-2/h3-6,11-12H,7-10H2,1-2H3,(H,18,21). The topological polar surface area (TPSA) is 79.0 Å². The van der Waals surface area contributed by atoms with E-state index in [2.05, 4.69) is 10.2 Å². The molecule has 1 aromatic carbocycles. The molecular weight excluding hydrogens is 374 g/mol. The molecule has 3 rings (SSSR count). The fourth-order valence-corrected chi connectivity index (χ4v) is 5.68. The van der Waals surface area contributed by atoms with Crippen LogP contribution in [0.15, 0.2) is 40.6 Å². The minimum atomic E-state index is -3.69. The summed E-state index contributed by atoms with van der Waals surface area (Å²) >= 11 is 1.13. The van der Waals surface area contributed by atoms with Crippen LogP contribution in [-0.2, 0) is 10.0 Å². The summed E-state index contributed by atoms with van der Waals surface area (Å²) in [5.74, 6) is 0.389. The van der Waals surface area contributed by atoms with Crippen LogP contribution >= 0.6 is 11.3 Å². The number of nitrogens with zero attached hydrogens (tertiary/aromatic N) is 2. The largest absolute Gasteiger partial charge is 0.497 e. The summed E-state index contributed by atoms with van der Waals surface area (Å²) in [7, 11) is -0.580. The summed E-state index contributed by atoms with van der Waals surface area (Å²) in [6, 6.07) is 9.21. The van der Waals surface area contributed by atoms with E-state index in [9.17, 15) is 13.2 Å². The van der Waals surface area contributed by atoms with Crippen LogP contribution in [0.5, 0.6) is 5.75 Å². The number of benzene rings is 1. The molecule has 9 heteroatoms. The highest BCUT2D eigenvalue weighted by Gasteiger charge is 2.32. The highest BCUT2D eigenvalue weighted by Crippen LogP contribution is 2.27. The number of methoxy groups -OCH3 is 1. The van der Waals surface area contributed by atoms with Gasteiger partial charge in [0, 0.05) is 45.0 Å². The van der Waals surface area contributed by atoms with Crippen molar-refractivity contribution in [2.75, 3.05) is 45.2 Å². The zero-order valence-electron chi connectivity index (χ0n) is 14.6. The maximum Gasteiger partial charge on any atom is 0.262 e. The molecule has 140 valence electrons. The Morgan fingerprint density at radius 3 is 2.58 bits per heavy atom. The predicted octanol–water partition coefficient (Wildman–Crippen LogP) is 1.63. The van der Waals surface area contributed by atoms with Crippen molar-refractivity contribution in [3.63, 3.8) is 0 Å². The quantitative estimate of drug-likeness (QED) is 0.832. The molecule has 0 spiro atoms. The lowest BCUT2D eigenvalue weighted by Gasteiger charge is -2.35. The maximum atomic E-state index is 12.9. The molecular formula is C17H21N3O4S2. The number of carbonyl (C=O) groups excluding carboxylic acids is 1. The van der Waals surface area contributed by atoms with E-state index in [-0.39, 0.29) is 15.7 Å². The molecule has 0 saturated carbocycles. The molecule has 0 aliphatic carbocycles. The predicted molar refractivity (Wildman–Crippen MR) is 102 cm³/mol. The molecule has 0 radical (unpaired) electrons. The normalized spacial score (nSPS) is 15.7. The molecule has 1 aliphatic rings. The van der Waals surface area contributed by atoms with Crippen LogP contribution in [-0.4, -0.2) is 59.0 Å². The highest BCUT2D eigenvalue weighted by atomic mass is 32.2. The Morgan fingerprint density at radius 1 is 1.19 bits per heavy atom. The number of thiophene rings is 1. The SMILES string of the molecule is CNC(=O)c1sccc1S(=O)(=O)N1CCN(c2cccc(OC)c2)CC1. The van der Waals surface area contributed by atoms with Crippen LogP contribution in [0, 0.1) is 0 Å². The molecule has 7 nitrogen and oxygen atoms in total. The van der Waals surface area contributed by atoms with Crippen LogP contribution in [0.25, 0.3) is 0 Å². The number of hydrogen-bond acceptors (Lipinski definition) is 6. The molecule has 2 heterocycles. The van der Waals surface area contributed by atoms with Crippen LogP contribution in [0.3, 0.4) is 0 Å². The van der Waals surface area contributed by atoms with Gasteiger partial charge >= 0.3 is 0 Å². The van der Waals surface area contributed by atoms with Crippen LogP contribution in [0.4, 0.5) is 5.69 Å². The number of rotatable bonds is 5. The van der Waals surface area contributed by atoms with Crippen molar-refractivity contribution in [3.8, 4) is 5.75 Å². The molecule has 1 amide bonds. The molecule has 0 atom stereocenters. The molecule has 1 N–H and O–H groups in total. The second-order valence-electron chi connectivity index (χ2n) is 5.79. The molecule has 1 aliphatic heterocycles. The Labute approximate surface area is 157 Å². The summed E-state index contributed by atoms with van der Waals surface area (Å²) in [5.41, 5.74) is 1.00. The highest BCUT2D eigenvalue weighted by molar-refractivity contribution is 7.89. The van der Waals surface area contributed by atoms with Crippen LogP contribution in [0.1, 0.15) is 9.67 Å². The van der Waals surface area contributed by atoms with E-state index in [4.69, 9.17) is 4.74 Å². The fourth-order valence-electron chi connectivity index (χ4n) is 2.91. The summed E-state index contributed by atoms with van der Waals surface area (Å²) in [5, 5.41) is 4.12. The van der Waals surface area contributed by atoms with Crippen LogP contribution in [0.2, 0.25) is 0 Å². The zero-order valence-corrected chi connectivity index (χ0v) is 16.3. The van der Waals surface area contributed by atoms with Gasteiger partial charge in [0.1, 0.15) is 15.5 Å². The van der Waals surface area contributed by atoms with Gasteiger partial charge in [-0.05, 0) is 23.6 Å². The van der Waals surface area contributed by atoms with Crippen molar-refractivity contribution in [2.45, 2.75) is 4.90 Å².